The third-order valence-corrected chi connectivity index (χ3v) is 41.0. The number of rotatable bonds is 5. The van der Waals surface area contributed by atoms with Gasteiger partial charge in [0.25, 0.3) is 0 Å². The Hall–Kier alpha value is -2.13. The van der Waals surface area contributed by atoms with Crippen LogP contribution in [-0.4, -0.2) is 6.66 Å². The molecule has 0 bridgehead atoms. The molecular formula is C32H29Cl2SiTi. The van der Waals surface area contributed by atoms with Crippen LogP contribution in [0.2, 0.25) is 6.55 Å². The summed E-state index contributed by atoms with van der Waals surface area (Å²) in [5.74, 6) is 0. The molecule has 0 aromatic heterocycles. The van der Waals surface area contributed by atoms with E-state index in [4.69, 9.17) is 18.6 Å². The first-order valence-electron chi connectivity index (χ1n) is 12.7. The molecule has 2 aliphatic rings. The average molecular weight is 560 g/mol. The zero-order chi connectivity index (χ0) is 24.9. The summed E-state index contributed by atoms with van der Waals surface area (Å²) in [6.07, 6.45) is 6.97. The van der Waals surface area contributed by atoms with Gasteiger partial charge in [0.05, 0.1) is 0 Å². The minimum absolute atomic E-state index is 0.0466. The van der Waals surface area contributed by atoms with Crippen molar-refractivity contribution >= 4 is 42.6 Å². The molecule has 0 spiro atoms. The van der Waals surface area contributed by atoms with E-state index in [9.17, 15) is 0 Å². The molecule has 3 unspecified atom stereocenters. The van der Waals surface area contributed by atoms with Crippen LogP contribution in [0.4, 0.5) is 0 Å². The number of benzene rings is 4. The second-order valence-corrected chi connectivity index (χ2v) is 38.1. The summed E-state index contributed by atoms with van der Waals surface area (Å²) >= 11 is -4.47. The van der Waals surface area contributed by atoms with Gasteiger partial charge in [0.15, 0.2) is 0 Å². The second kappa shape index (κ2) is 9.01. The summed E-state index contributed by atoms with van der Waals surface area (Å²) < 4.78 is 0.134. The number of hydrogen-bond acceptors (Lipinski definition) is 0. The van der Waals surface area contributed by atoms with Crippen LogP contribution in [0.3, 0.4) is 0 Å². The summed E-state index contributed by atoms with van der Waals surface area (Å²) in [7, 11) is 16.7. The molecule has 4 aromatic carbocycles. The van der Waals surface area contributed by atoms with E-state index in [1.807, 2.05) is 0 Å². The van der Waals surface area contributed by atoms with Crippen molar-refractivity contribution in [2.45, 2.75) is 21.9 Å². The molecule has 0 radical (unpaired) electrons. The fourth-order valence-corrected chi connectivity index (χ4v) is 33.4. The topological polar surface area (TPSA) is 0 Å². The molecule has 0 N–H and O–H groups in total. The Morgan fingerprint density at radius 2 is 1.36 bits per heavy atom. The third-order valence-electron chi connectivity index (χ3n) is 8.43. The number of allylic oxidation sites excluding steroid dienone is 2. The summed E-state index contributed by atoms with van der Waals surface area (Å²) in [5.41, 5.74) is 8.95. The van der Waals surface area contributed by atoms with Crippen LogP contribution < -0.4 is 5.19 Å². The van der Waals surface area contributed by atoms with Crippen LogP contribution in [0.1, 0.15) is 37.6 Å². The molecule has 0 heterocycles. The molecule has 4 aromatic rings. The van der Waals surface area contributed by atoms with Crippen molar-refractivity contribution in [3.63, 3.8) is 0 Å². The van der Waals surface area contributed by atoms with Crippen LogP contribution in [0.25, 0.3) is 23.3 Å². The van der Waals surface area contributed by atoms with E-state index in [-0.39, 0.29) is 8.45 Å². The van der Waals surface area contributed by atoms with Crippen LogP contribution in [0.15, 0.2) is 115 Å². The van der Waals surface area contributed by atoms with Gasteiger partial charge in [0.2, 0.25) is 0 Å². The zero-order valence-corrected chi connectivity index (χ0v) is 24.8. The maximum absolute atomic E-state index is 8.37. The molecule has 0 aliphatic heterocycles. The van der Waals surface area contributed by atoms with Crippen LogP contribution >= 0.6 is 18.6 Å². The van der Waals surface area contributed by atoms with E-state index in [1.165, 1.54) is 44.1 Å². The second-order valence-electron chi connectivity index (χ2n) is 10.3. The molecule has 0 nitrogen and oxygen atoms in total. The Morgan fingerprint density at radius 1 is 0.722 bits per heavy atom. The monoisotopic (exact) mass is 559 g/mol. The Balaban J connectivity index is 1.59. The molecule has 6 rings (SSSR count). The Bertz CT molecular complexity index is 1510. The van der Waals surface area contributed by atoms with Gasteiger partial charge in [-0.25, -0.2) is 0 Å². The van der Waals surface area contributed by atoms with Gasteiger partial charge in [-0.1, -0.05) is 0 Å². The number of hydrogen-bond donors (Lipinski definition) is 0. The third kappa shape index (κ3) is 3.60. The Kier molecular flexibility index (Phi) is 6.06. The fourth-order valence-electron chi connectivity index (χ4n) is 6.66. The van der Waals surface area contributed by atoms with Gasteiger partial charge < -0.3 is 0 Å². The zero-order valence-electron chi connectivity index (χ0n) is 20.5. The van der Waals surface area contributed by atoms with E-state index in [1.54, 1.807) is 0 Å². The predicted molar refractivity (Wildman–Crippen MR) is 157 cm³/mol. The van der Waals surface area contributed by atoms with Crippen molar-refractivity contribution in [3.8, 4) is 11.1 Å². The molecule has 0 fully saturated rings. The Morgan fingerprint density at radius 3 is 2.11 bits per heavy atom. The molecule has 36 heavy (non-hydrogen) atoms. The predicted octanol–water partition coefficient (Wildman–Crippen LogP) is 8.84. The maximum atomic E-state index is 8.37. The van der Waals surface area contributed by atoms with Crippen molar-refractivity contribution in [2.24, 2.45) is 0 Å². The van der Waals surface area contributed by atoms with Gasteiger partial charge in [0, 0.05) is 0 Å². The quantitative estimate of drug-likeness (QED) is 0.214. The van der Waals surface area contributed by atoms with Crippen molar-refractivity contribution in [1.29, 1.82) is 0 Å². The van der Waals surface area contributed by atoms with Gasteiger partial charge in [-0.3, -0.25) is 0 Å². The first-order chi connectivity index (χ1) is 17.4. The standard InChI is InChI=1S/C15H11.C10H9.C7H9Si.2ClH.Ti/c1-2-6-12(7-3-1)14-10-4-8-13-9-5-11-15(13)14;1-8-6-9-4-2-3-5-10(9)7-8;1-8-7-5-3-2-4-6-7;;;/h1-11H;2-7H,1H3;2-6,8H,1H3;2*1H;/q;;;;;+2/p-2. The van der Waals surface area contributed by atoms with E-state index < -0.39 is 19.1 Å². The molecular weight excluding hydrogens is 531 g/mol. The fraction of sp³-hybridized carbons (Fsp3) is 0.125. The average Bonchev–Trinajstić information content (AvgIpc) is 3.51. The van der Waals surface area contributed by atoms with Gasteiger partial charge >= 0.3 is 225 Å². The SMILES string of the molecule is CC1=Cc2ccccc2[CH]1[Ti]([Cl])([Cl])([CH]1C=Cc2c(-c3ccccc3)cccc21)[SiH](C)c1ccccc1. The molecule has 3 atom stereocenters. The van der Waals surface area contributed by atoms with E-state index in [0.29, 0.717) is 0 Å². The van der Waals surface area contributed by atoms with Crippen molar-refractivity contribution in [3.05, 3.63) is 137 Å². The van der Waals surface area contributed by atoms with Gasteiger partial charge in [0.1, 0.15) is 0 Å². The summed E-state index contributed by atoms with van der Waals surface area (Å²) in [6.45, 7) is 2.82. The van der Waals surface area contributed by atoms with Crippen molar-refractivity contribution < 1.29 is 12.4 Å². The van der Waals surface area contributed by atoms with Crippen molar-refractivity contribution in [1.82, 2.24) is 0 Å². The minimum atomic E-state index is -4.47. The van der Waals surface area contributed by atoms with Crippen molar-refractivity contribution in [2.75, 3.05) is 0 Å². The number of halogens is 2. The van der Waals surface area contributed by atoms with E-state index in [0.717, 1.165) is 0 Å². The molecule has 179 valence electrons. The summed E-state index contributed by atoms with van der Waals surface area (Å²) in [4.78, 5) is 0. The summed E-state index contributed by atoms with van der Waals surface area (Å²) in [6, 6.07) is 36.9. The van der Waals surface area contributed by atoms with Gasteiger partial charge in [-0.15, -0.1) is 0 Å². The molecule has 0 saturated heterocycles. The molecule has 0 saturated carbocycles. The van der Waals surface area contributed by atoms with Crippen LogP contribution in [-0.2, 0) is 12.4 Å². The molecule has 4 heteroatoms. The van der Waals surface area contributed by atoms with E-state index in [2.05, 4.69) is 135 Å². The molecule has 2 aliphatic carbocycles. The van der Waals surface area contributed by atoms with E-state index >= 15 is 0 Å². The van der Waals surface area contributed by atoms with Crippen LogP contribution in [0, 0.1) is 0 Å². The van der Waals surface area contributed by atoms with Gasteiger partial charge in [-0.05, 0) is 0 Å². The van der Waals surface area contributed by atoms with Crippen LogP contribution in [0.5, 0.6) is 0 Å². The Labute approximate surface area is 223 Å². The normalized spacial score (nSPS) is 20.2. The number of fused-ring (bicyclic) bond motifs is 2. The van der Waals surface area contributed by atoms with Gasteiger partial charge in [-0.2, -0.15) is 0 Å². The summed E-state index contributed by atoms with van der Waals surface area (Å²) in [5, 5.41) is 1.36. The molecule has 0 amide bonds. The first-order valence-corrected chi connectivity index (χ1v) is 23.8. The first kappa shape index (κ1) is 24.2.